The number of H-pyrrole nitrogens is 1. The molecule has 0 aliphatic carbocycles. The van der Waals surface area contributed by atoms with Crippen LogP contribution in [-0.4, -0.2) is 26.9 Å². The van der Waals surface area contributed by atoms with Crippen molar-refractivity contribution < 1.29 is 4.79 Å². The first-order valence-electron chi connectivity index (χ1n) is 9.28. The maximum Gasteiger partial charge on any atom is 0.239 e. The Morgan fingerprint density at radius 3 is 2.78 bits per heavy atom. The molecule has 3 heterocycles. The van der Waals surface area contributed by atoms with Crippen LogP contribution in [0.2, 0.25) is 0 Å². The second-order valence-corrected chi connectivity index (χ2v) is 7.29. The number of pyridine rings is 1. The zero-order valence-corrected chi connectivity index (χ0v) is 15.4. The number of carbonyl (C=O) groups excluding carboxylic acids is 1. The number of hydrogen-bond donors (Lipinski definition) is 4. The summed E-state index contributed by atoms with van der Waals surface area (Å²) in [5.74, 6) is 0.959. The Morgan fingerprint density at radius 1 is 1.19 bits per heavy atom. The lowest BCUT2D eigenvalue weighted by Crippen LogP contribution is -2.45. The smallest absolute Gasteiger partial charge is 0.239 e. The van der Waals surface area contributed by atoms with Gasteiger partial charge in [0, 0.05) is 18.4 Å². The van der Waals surface area contributed by atoms with Gasteiger partial charge in [0.15, 0.2) is 0 Å². The van der Waals surface area contributed by atoms with Gasteiger partial charge in [-0.2, -0.15) is 0 Å². The van der Waals surface area contributed by atoms with E-state index in [9.17, 15) is 4.79 Å². The van der Waals surface area contributed by atoms with Gasteiger partial charge in [0.1, 0.15) is 11.9 Å². The molecule has 1 saturated heterocycles. The van der Waals surface area contributed by atoms with Crippen LogP contribution in [0, 0.1) is 5.92 Å². The summed E-state index contributed by atoms with van der Waals surface area (Å²) in [6.45, 7) is 4.16. The average molecular weight is 364 g/mol. The highest BCUT2D eigenvalue weighted by molar-refractivity contribution is 5.82. The van der Waals surface area contributed by atoms with Gasteiger partial charge < -0.3 is 10.3 Å². The molecule has 2 aromatic heterocycles. The predicted molar refractivity (Wildman–Crippen MR) is 103 cm³/mol. The zero-order valence-electron chi connectivity index (χ0n) is 15.4. The number of carbonyl (C=O) groups is 1. The zero-order chi connectivity index (χ0) is 18.8. The number of hydrazine groups is 1. The molecule has 1 aromatic carbocycles. The van der Waals surface area contributed by atoms with Gasteiger partial charge in [-0.1, -0.05) is 32.0 Å². The number of hydrogen-bond acceptors (Lipinski definition) is 5. The van der Waals surface area contributed by atoms with Gasteiger partial charge in [-0.05, 0) is 36.1 Å². The number of rotatable bonds is 5. The summed E-state index contributed by atoms with van der Waals surface area (Å²) in [5.41, 5.74) is 9.25. The molecular weight excluding hydrogens is 340 g/mol. The molecule has 0 spiro atoms. The van der Waals surface area contributed by atoms with Crippen molar-refractivity contribution in [2.24, 2.45) is 5.92 Å². The van der Waals surface area contributed by atoms with Crippen molar-refractivity contribution in [2.45, 2.75) is 38.4 Å². The van der Waals surface area contributed by atoms with E-state index in [4.69, 9.17) is 0 Å². The van der Waals surface area contributed by atoms with E-state index in [1.807, 2.05) is 42.6 Å². The standard InChI is InChI=1S/C20H24N6O/c1-12(2)18(19-22-14-7-3-4-8-15(14)23-19)24-20(27)17-10-16(25-26-17)13-6-5-9-21-11-13/h3-9,11-12,16-18,25-26H,10H2,1-2H3,(H,22,23)(H,24,27). The summed E-state index contributed by atoms with van der Waals surface area (Å²) in [6.07, 6.45) is 4.24. The number of fused-ring (bicyclic) bond motifs is 1. The van der Waals surface area contributed by atoms with E-state index < -0.39 is 0 Å². The van der Waals surface area contributed by atoms with Crippen molar-refractivity contribution in [1.29, 1.82) is 0 Å². The minimum atomic E-state index is -0.305. The maximum atomic E-state index is 12.9. The number of amides is 1. The first-order valence-corrected chi connectivity index (χ1v) is 9.28. The Morgan fingerprint density at radius 2 is 2.04 bits per heavy atom. The van der Waals surface area contributed by atoms with Crippen LogP contribution in [0.15, 0.2) is 48.8 Å². The Bertz CT molecular complexity index is 889. The van der Waals surface area contributed by atoms with E-state index in [1.165, 1.54) is 0 Å². The number of para-hydroxylation sites is 2. The lowest BCUT2D eigenvalue weighted by atomic mass is 10.0. The monoisotopic (exact) mass is 364 g/mol. The Labute approximate surface area is 158 Å². The molecule has 4 N–H and O–H groups in total. The van der Waals surface area contributed by atoms with Crippen molar-refractivity contribution in [3.63, 3.8) is 0 Å². The van der Waals surface area contributed by atoms with E-state index in [1.54, 1.807) is 6.20 Å². The second kappa shape index (κ2) is 7.46. The fourth-order valence-electron chi connectivity index (χ4n) is 3.45. The molecule has 0 radical (unpaired) electrons. The molecule has 1 amide bonds. The fraction of sp³-hybridized carbons (Fsp3) is 0.350. The van der Waals surface area contributed by atoms with Gasteiger partial charge in [0.25, 0.3) is 0 Å². The number of aromatic nitrogens is 3. The van der Waals surface area contributed by atoms with Gasteiger partial charge in [0.05, 0.1) is 17.1 Å². The molecule has 3 unspecified atom stereocenters. The third kappa shape index (κ3) is 3.70. The van der Waals surface area contributed by atoms with E-state index in [-0.39, 0.29) is 30.0 Å². The lowest BCUT2D eigenvalue weighted by Gasteiger charge is -2.22. The number of benzene rings is 1. The third-order valence-corrected chi connectivity index (χ3v) is 4.97. The number of aromatic amines is 1. The second-order valence-electron chi connectivity index (χ2n) is 7.29. The van der Waals surface area contributed by atoms with Crippen LogP contribution in [0.3, 0.4) is 0 Å². The molecule has 0 bridgehead atoms. The van der Waals surface area contributed by atoms with Gasteiger partial charge in [-0.15, -0.1) is 0 Å². The summed E-state index contributed by atoms with van der Waals surface area (Å²) in [4.78, 5) is 25.0. The summed E-state index contributed by atoms with van der Waals surface area (Å²) in [5, 5.41) is 3.16. The van der Waals surface area contributed by atoms with E-state index in [0.717, 1.165) is 22.4 Å². The highest BCUT2D eigenvalue weighted by atomic mass is 16.2. The molecule has 27 heavy (non-hydrogen) atoms. The molecule has 7 nitrogen and oxygen atoms in total. The molecule has 7 heteroatoms. The quantitative estimate of drug-likeness (QED) is 0.558. The van der Waals surface area contributed by atoms with Crippen molar-refractivity contribution in [1.82, 2.24) is 31.1 Å². The first kappa shape index (κ1) is 17.6. The van der Waals surface area contributed by atoms with Crippen LogP contribution in [0.25, 0.3) is 11.0 Å². The average Bonchev–Trinajstić information content (AvgIpc) is 3.33. The number of nitrogens with one attached hydrogen (secondary N) is 4. The van der Waals surface area contributed by atoms with Gasteiger partial charge in [0.2, 0.25) is 5.91 Å². The van der Waals surface area contributed by atoms with Crippen LogP contribution < -0.4 is 16.2 Å². The highest BCUT2D eigenvalue weighted by Crippen LogP contribution is 2.25. The van der Waals surface area contributed by atoms with Gasteiger partial charge >= 0.3 is 0 Å². The Kier molecular flexibility index (Phi) is 4.87. The van der Waals surface area contributed by atoms with Gasteiger partial charge in [-0.3, -0.25) is 9.78 Å². The normalized spacial score (nSPS) is 20.9. The van der Waals surface area contributed by atoms with Crippen LogP contribution in [-0.2, 0) is 4.79 Å². The molecular formula is C20H24N6O. The van der Waals surface area contributed by atoms with E-state index >= 15 is 0 Å². The summed E-state index contributed by atoms with van der Waals surface area (Å²) >= 11 is 0. The lowest BCUT2D eigenvalue weighted by molar-refractivity contribution is -0.124. The van der Waals surface area contributed by atoms with E-state index in [0.29, 0.717) is 6.42 Å². The molecule has 3 aromatic rings. The Hall–Kier alpha value is -2.77. The molecule has 1 aliphatic heterocycles. The SMILES string of the molecule is CC(C)C(NC(=O)C1CC(c2cccnc2)NN1)c1nc2ccccc2[nH]1. The molecule has 1 aliphatic rings. The van der Waals surface area contributed by atoms with Crippen LogP contribution in [0.5, 0.6) is 0 Å². The van der Waals surface area contributed by atoms with E-state index in [2.05, 4.69) is 45.0 Å². The van der Waals surface area contributed by atoms with Crippen molar-refractivity contribution in [3.05, 3.63) is 60.2 Å². The maximum absolute atomic E-state index is 12.9. The molecule has 1 fully saturated rings. The first-order chi connectivity index (χ1) is 13.1. The largest absolute Gasteiger partial charge is 0.344 e. The number of nitrogens with zero attached hydrogens (tertiary/aromatic N) is 2. The summed E-state index contributed by atoms with van der Waals surface area (Å²) < 4.78 is 0. The minimum absolute atomic E-state index is 0.0342. The molecule has 0 saturated carbocycles. The summed E-state index contributed by atoms with van der Waals surface area (Å²) in [6, 6.07) is 11.4. The molecule has 3 atom stereocenters. The Balaban J connectivity index is 1.46. The van der Waals surface area contributed by atoms with Crippen molar-refractivity contribution in [2.75, 3.05) is 0 Å². The number of imidazole rings is 1. The molecule has 140 valence electrons. The topological polar surface area (TPSA) is 94.7 Å². The van der Waals surface area contributed by atoms with Crippen molar-refractivity contribution >= 4 is 16.9 Å². The molecule has 4 rings (SSSR count). The third-order valence-electron chi connectivity index (χ3n) is 4.97. The predicted octanol–water partition coefficient (Wildman–Crippen LogP) is 2.38. The van der Waals surface area contributed by atoms with Crippen LogP contribution in [0.1, 0.15) is 43.7 Å². The fourth-order valence-corrected chi connectivity index (χ4v) is 3.45. The van der Waals surface area contributed by atoms with Crippen molar-refractivity contribution in [3.8, 4) is 0 Å². The van der Waals surface area contributed by atoms with Gasteiger partial charge in [-0.25, -0.2) is 15.8 Å². The minimum Gasteiger partial charge on any atom is -0.344 e. The summed E-state index contributed by atoms with van der Waals surface area (Å²) in [7, 11) is 0. The van der Waals surface area contributed by atoms with Crippen LogP contribution in [0.4, 0.5) is 0 Å². The van der Waals surface area contributed by atoms with Crippen LogP contribution >= 0.6 is 0 Å². The highest BCUT2D eigenvalue weighted by Gasteiger charge is 2.32.